The van der Waals surface area contributed by atoms with Crippen LogP contribution in [0.3, 0.4) is 0 Å². The lowest BCUT2D eigenvalue weighted by molar-refractivity contribution is -0.152. The van der Waals surface area contributed by atoms with Gasteiger partial charge in [-0.05, 0) is 43.7 Å². The smallest absolute Gasteiger partial charge is 0.347 e. The quantitative estimate of drug-likeness (QED) is 0.660. The molecule has 2 aromatic carbocycles. The van der Waals surface area contributed by atoms with Crippen molar-refractivity contribution in [1.82, 2.24) is 4.98 Å². The minimum atomic E-state index is -0.693. The number of nitrogens with two attached hydrogens (primary N) is 1. The number of carbonyl (C=O) groups excluding carboxylic acids is 1. The highest BCUT2D eigenvalue weighted by atomic mass is 32.1. The lowest BCUT2D eigenvalue weighted by Gasteiger charge is -2.14. The third-order valence-electron chi connectivity index (χ3n) is 3.81. The van der Waals surface area contributed by atoms with Crippen molar-refractivity contribution in [2.45, 2.75) is 26.6 Å². The predicted molar refractivity (Wildman–Crippen MR) is 103 cm³/mol. The molecule has 3 aromatic rings. The molecule has 1 aromatic heterocycles. The van der Waals surface area contributed by atoms with Crippen molar-refractivity contribution in [3.63, 3.8) is 0 Å². The maximum Gasteiger partial charge on any atom is 0.347 e. The van der Waals surface area contributed by atoms with E-state index in [4.69, 9.17) is 15.2 Å². The van der Waals surface area contributed by atoms with E-state index in [0.29, 0.717) is 10.9 Å². The average molecular weight is 368 g/mol. The molecule has 0 spiro atoms. The molecule has 0 aliphatic heterocycles. The highest BCUT2D eigenvalue weighted by Gasteiger charge is 2.17. The number of carbonyl (C=O) groups is 1. The summed E-state index contributed by atoms with van der Waals surface area (Å²) < 4.78 is 11.0. The van der Waals surface area contributed by atoms with Crippen LogP contribution < -0.4 is 10.5 Å². The summed E-state index contributed by atoms with van der Waals surface area (Å²) in [6.07, 6.45) is -0.693. The molecule has 1 heterocycles. The van der Waals surface area contributed by atoms with Crippen LogP contribution in [0.2, 0.25) is 0 Å². The fourth-order valence-corrected chi connectivity index (χ4v) is 3.19. The van der Waals surface area contributed by atoms with Crippen molar-refractivity contribution in [3.8, 4) is 17.0 Å². The first-order chi connectivity index (χ1) is 12.5. The molecule has 0 amide bonds. The van der Waals surface area contributed by atoms with E-state index >= 15 is 0 Å². The Morgan fingerprint density at radius 2 is 1.85 bits per heavy atom. The molecule has 0 radical (unpaired) electrons. The van der Waals surface area contributed by atoms with E-state index in [1.807, 2.05) is 61.5 Å². The van der Waals surface area contributed by atoms with Crippen molar-refractivity contribution in [3.05, 3.63) is 65.0 Å². The number of hydrogen-bond acceptors (Lipinski definition) is 6. The van der Waals surface area contributed by atoms with Crippen molar-refractivity contribution < 1.29 is 14.3 Å². The summed E-state index contributed by atoms with van der Waals surface area (Å²) in [5.41, 5.74) is 8.52. The molecule has 2 N–H and O–H groups in total. The van der Waals surface area contributed by atoms with Gasteiger partial charge in [0, 0.05) is 10.4 Å². The van der Waals surface area contributed by atoms with Crippen molar-refractivity contribution in [2.24, 2.45) is 0 Å². The van der Waals surface area contributed by atoms with Gasteiger partial charge in [0.15, 0.2) is 11.2 Å². The molecule has 0 saturated heterocycles. The van der Waals surface area contributed by atoms with Crippen LogP contribution in [0.5, 0.6) is 5.75 Å². The topological polar surface area (TPSA) is 74.4 Å². The van der Waals surface area contributed by atoms with Crippen molar-refractivity contribution in [2.75, 3.05) is 5.73 Å². The van der Waals surface area contributed by atoms with Gasteiger partial charge in [-0.3, -0.25) is 0 Å². The molecular weight excluding hydrogens is 348 g/mol. The van der Waals surface area contributed by atoms with Crippen LogP contribution in [0.15, 0.2) is 54.6 Å². The number of thiazole rings is 1. The summed E-state index contributed by atoms with van der Waals surface area (Å²) in [6.45, 7) is 3.89. The summed E-state index contributed by atoms with van der Waals surface area (Å²) >= 11 is 1.46. The molecule has 3 rings (SSSR count). The van der Waals surface area contributed by atoms with Crippen LogP contribution >= 0.6 is 11.3 Å². The summed E-state index contributed by atoms with van der Waals surface area (Å²) in [6, 6.07) is 17.0. The monoisotopic (exact) mass is 368 g/mol. The van der Waals surface area contributed by atoms with Gasteiger partial charge in [0.05, 0.1) is 5.69 Å². The molecule has 26 heavy (non-hydrogen) atoms. The van der Waals surface area contributed by atoms with Gasteiger partial charge in [0.2, 0.25) is 0 Å². The van der Waals surface area contributed by atoms with Crippen LogP contribution in [0.25, 0.3) is 11.3 Å². The van der Waals surface area contributed by atoms with E-state index in [1.165, 1.54) is 11.3 Å². The highest BCUT2D eigenvalue weighted by Crippen LogP contribution is 2.30. The number of aryl methyl sites for hydroxylation is 1. The Morgan fingerprint density at radius 1 is 1.15 bits per heavy atom. The second-order valence-corrected chi connectivity index (χ2v) is 7.07. The number of rotatable bonds is 6. The number of benzene rings is 2. The Morgan fingerprint density at radius 3 is 2.46 bits per heavy atom. The van der Waals surface area contributed by atoms with Crippen LogP contribution in [-0.4, -0.2) is 17.1 Å². The molecule has 0 bridgehead atoms. The lowest BCUT2D eigenvalue weighted by Crippen LogP contribution is -2.26. The first kappa shape index (κ1) is 17.9. The summed E-state index contributed by atoms with van der Waals surface area (Å²) in [5, 5.41) is 0.549. The van der Waals surface area contributed by atoms with Gasteiger partial charge in [-0.1, -0.05) is 30.3 Å². The summed E-state index contributed by atoms with van der Waals surface area (Å²) in [5.74, 6) is 0.194. The molecule has 6 heteroatoms. The molecule has 1 unspecified atom stereocenters. The van der Waals surface area contributed by atoms with Crippen LogP contribution in [0.1, 0.15) is 17.4 Å². The Labute approximate surface area is 156 Å². The van der Waals surface area contributed by atoms with Crippen LogP contribution in [0, 0.1) is 6.92 Å². The van der Waals surface area contributed by atoms with Crippen molar-refractivity contribution >= 4 is 22.4 Å². The van der Waals surface area contributed by atoms with E-state index in [2.05, 4.69) is 4.98 Å². The van der Waals surface area contributed by atoms with Gasteiger partial charge >= 0.3 is 5.97 Å². The van der Waals surface area contributed by atoms with Gasteiger partial charge in [-0.15, -0.1) is 11.3 Å². The maximum atomic E-state index is 12.1. The standard InChI is InChI=1S/C20H20N2O3S/c1-13(19(23)24-12-15-6-4-3-5-7-15)25-17-10-8-16(9-11-17)18-14(2)26-20(21)22-18/h3-11,13H,12H2,1-2H3,(H2,21,22). The predicted octanol–water partition coefficient (Wildman–Crippen LogP) is 4.21. The Bertz CT molecular complexity index is 876. The Hall–Kier alpha value is -2.86. The number of nitrogen functional groups attached to an aromatic ring is 1. The second-order valence-electron chi connectivity index (χ2n) is 5.83. The van der Waals surface area contributed by atoms with Gasteiger partial charge in [-0.2, -0.15) is 0 Å². The number of anilines is 1. The maximum absolute atomic E-state index is 12.1. The number of esters is 1. The molecule has 5 nitrogen and oxygen atoms in total. The van der Waals surface area contributed by atoms with E-state index in [0.717, 1.165) is 21.7 Å². The zero-order valence-corrected chi connectivity index (χ0v) is 15.5. The summed E-state index contributed by atoms with van der Waals surface area (Å²) in [4.78, 5) is 17.5. The zero-order valence-electron chi connectivity index (χ0n) is 14.6. The van der Waals surface area contributed by atoms with Gasteiger partial charge in [-0.25, -0.2) is 9.78 Å². The van der Waals surface area contributed by atoms with E-state index in [1.54, 1.807) is 6.92 Å². The van der Waals surface area contributed by atoms with E-state index in [-0.39, 0.29) is 6.61 Å². The number of aromatic nitrogens is 1. The van der Waals surface area contributed by atoms with E-state index in [9.17, 15) is 4.79 Å². The van der Waals surface area contributed by atoms with Crippen molar-refractivity contribution in [1.29, 1.82) is 0 Å². The average Bonchev–Trinajstić information content (AvgIpc) is 2.99. The minimum Gasteiger partial charge on any atom is -0.479 e. The largest absolute Gasteiger partial charge is 0.479 e. The molecule has 134 valence electrons. The van der Waals surface area contributed by atoms with Gasteiger partial charge in [0.1, 0.15) is 12.4 Å². The summed E-state index contributed by atoms with van der Waals surface area (Å²) in [7, 11) is 0. The SMILES string of the molecule is Cc1sc(N)nc1-c1ccc(OC(C)C(=O)OCc2ccccc2)cc1. The molecule has 1 atom stereocenters. The molecule has 0 aliphatic rings. The lowest BCUT2D eigenvalue weighted by atomic mass is 10.1. The fraction of sp³-hybridized carbons (Fsp3) is 0.200. The fourth-order valence-electron chi connectivity index (χ4n) is 2.47. The molecule has 0 aliphatic carbocycles. The second kappa shape index (κ2) is 8.01. The number of ether oxygens (including phenoxy) is 2. The Kier molecular flexibility index (Phi) is 5.53. The van der Waals surface area contributed by atoms with Crippen LogP contribution in [0.4, 0.5) is 5.13 Å². The third-order valence-corrected chi connectivity index (χ3v) is 4.61. The first-order valence-electron chi connectivity index (χ1n) is 8.23. The van der Waals surface area contributed by atoms with E-state index < -0.39 is 12.1 Å². The molecular formula is C20H20N2O3S. The van der Waals surface area contributed by atoms with Crippen LogP contribution in [-0.2, 0) is 16.1 Å². The highest BCUT2D eigenvalue weighted by molar-refractivity contribution is 7.15. The number of hydrogen-bond donors (Lipinski definition) is 1. The first-order valence-corrected chi connectivity index (χ1v) is 9.05. The molecule has 0 fully saturated rings. The third kappa shape index (κ3) is 4.40. The minimum absolute atomic E-state index is 0.233. The normalized spacial score (nSPS) is 11.8. The molecule has 0 saturated carbocycles. The van der Waals surface area contributed by atoms with Gasteiger partial charge < -0.3 is 15.2 Å². The van der Waals surface area contributed by atoms with Gasteiger partial charge in [0.25, 0.3) is 0 Å². The zero-order chi connectivity index (χ0) is 18.5. The number of nitrogens with zero attached hydrogens (tertiary/aromatic N) is 1. The Balaban J connectivity index is 1.58.